The van der Waals surface area contributed by atoms with Crippen LogP contribution in [0.25, 0.3) is 10.9 Å². The van der Waals surface area contributed by atoms with Gasteiger partial charge in [-0.2, -0.15) is 4.73 Å². The number of hydrogen-bond acceptors (Lipinski definition) is 3. The summed E-state index contributed by atoms with van der Waals surface area (Å²) in [6, 6.07) is 8.80. The third kappa shape index (κ3) is 1.95. The first-order valence-corrected chi connectivity index (χ1v) is 4.88. The number of ether oxygens (including phenoxy) is 1. The SMILES string of the molecule is COC(=O)Cc1ccc2c(ccc[n+]2[O-])c1. The highest BCUT2D eigenvalue weighted by Crippen LogP contribution is 2.12. The Labute approximate surface area is 92.7 Å². The number of hydrogen-bond donors (Lipinski definition) is 0. The van der Waals surface area contributed by atoms with E-state index in [4.69, 9.17) is 0 Å². The van der Waals surface area contributed by atoms with Gasteiger partial charge in [-0.05, 0) is 17.7 Å². The number of carbonyl (C=O) groups excluding carboxylic acids is 1. The minimum atomic E-state index is -0.287. The van der Waals surface area contributed by atoms with Gasteiger partial charge in [0.15, 0.2) is 6.20 Å². The fourth-order valence-electron chi connectivity index (χ4n) is 1.59. The van der Waals surface area contributed by atoms with Gasteiger partial charge in [0.2, 0.25) is 5.52 Å². The number of benzene rings is 1. The van der Waals surface area contributed by atoms with Crippen LogP contribution in [0.1, 0.15) is 5.56 Å². The van der Waals surface area contributed by atoms with Crippen LogP contribution in [-0.2, 0) is 16.0 Å². The summed E-state index contributed by atoms with van der Waals surface area (Å²) in [5, 5.41) is 12.2. The van der Waals surface area contributed by atoms with Crippen molar-refractivity contribution < 1.29 is 14.3 Å². The smallest absolute Gasteiger partial charge is 0.309 e. The second-order valence-corrected chi connectivity index (χ2v) is 3.48. The van der Waals surface area contributed by atoms with Gasteiger partial charge in [0.05, 0.1) is 13.5 Å². The van der Waals surface area contributed by atoms with Gasteiger partial charge in [-0.1, -0.05) is 6.07 Å². The van der Waals surface area contributed by atoms with Crippen LogP contribution in [-0.4, -0.2) is 13.1 Å². The first-order valence-electron chi connectivity index (χ1n) is 4.88. The van der Waals surface area contributed by atoms with Crippen molar-refractivity contribution in [3.8, 4) is 0 Å². The van der Waals surface area contributed by atoms with Gasteiger partial charge >= 0.3 is 5.97 Å². The number of pyridine rings is 1. The number of nitrogens with zero attached hydrogens (tertiary/aromatic N) is 1. The van der Waals surface area contributed by atoms with E-state index in [1.54, 1.807) is 18.2 Å². The maximum atomic E-state index is 11.4. The van der Waals surface area contributed by atoms with Gasteiger partial charge in [0.1, 0.15) is 0 Å². The molecule has 0 radical (unpaired) electrons. The molecule has 16 heavy (non-hydrogen) atoms. The lowest BCUT2D eigenvalue weighted by Gasteiger charge is -2.03. The summed E-state index contributed by atoms with van der Waals surface area (Å²) < 4.78 is 5.39. The summed E-state index contributed by atoms with van der Waals surface area (Å²) in [6.07, 6.45) is 1.67. The van der Waals surface area contributed by atoms with Gasteiger partial charge in [-0.25, -0.2) is 0 Å². The van der Waals surface area contributed by atoms with Crippen molar-refractivity contribution in [2.24, 2.45) is 0 Å². The van der Waals surface area contributed by atoms with Gasteiger partial charge in [-0.15, -0.1) is 0 Å². The Bertz CT molecular complexity index is 537. The lowest BCUT2D eigenvalue weighted by Crippen LogP contribution is -2.25. The normalized spacial score (nSPS) is 10.3. The maximum Gasteiger partial charge on any atom is 0.309 e. The average Bonchev–Trinajstić information content (AvgIpc) is 2.29. The third-order valence-corrected chi connectivity index (χ3v) is 2.40. The fourth-order valence-corrected chi connectivity index (χ4v) is 1.59. The molecule has 0 spiro atoms. The molecular weight excluding hydrogens is 206 g/mol. The van der Waals surface area contributed by atoms with Crippen molar-refractivity contribution in [3.05, 3.63) is 47.3 Å². The second kappa shape index (κ2) is 4.18. The molecule has 0 fully saturated rings. The molecule has 0 N–H and O–H groups in total. The van der Waals surface area contributed by atoms with E-state index in [-0.39, 0.29) is 12.4 Å². The van der Waals surface area contributed by atoms with E-state index in [2.05, 4.69) is 4.74 Å². The molecule has 0 atom stereocenters. The van der Waals surface area contributed by atoms with Crippen molar-refractivity contribution in [2.45, 2.75) is 6.42 Å². The zero-order valence-corrected chi connectivity index (χ0v) is 8.84. The highest BCUT2D eigenvalue weighted by Gasteiger charge is 2.06. The summed E-state index contributed by atoms with van der Waals surface area (Å²) in [5.74, 6) is -0.287. The molecule has 1 aromatic heterocycles. The van der Waals surface area contributed by atoms with Crippen molar-refractivity contribution in [1.29, 1.82) is 0 Å². The van der Waals surface area contributed by atoms with Crippen LogP contribution in [0.15, 0.2) is 36.5 Å². The van der Waals surface area contributed by atoms with Crippen molar-refractivity contribution in [2.75, 3.05) is 7.11 Å². The van der Waals surface area contributed by atoms with Crippen LogP contribution in [0, 0.1) is 5.21 Å². The summed E-state index contributed by atoms with van der Waals surface area (Å²) >= 11 is 0. The number of rotatable bonds is 2. The van der Waals surface area contributed by atoms with E-state index in [1.165, 1.54) is 13.3 Å². The molecule has 4 heteroatoms. The van der Waals surface area contributed by atoms with Crippen molar-refractivity contribution in [1.82, 2.24) is 0 Å². The van der Waals surface area contributed by atoms with Crippen molar-refractivity contribution in [3.63, 3.8) is 0 Å². The summed E-state index contributed by atoms with van der Waals surface area (Å²) in [4.78, 5) is 11.1. The highest BCUT2D eigenvalue weighted by atomic mass is 16.5. The molecule has 0 amide bonds. The molecule has 2 aromatic rings. The van der Waals surface area contributed by atoms with E-state index in [0.29, 0.717) is 5.52 Å². The number of aromatic nitrogens is 1. The molecule has 0 aliphatic rings. The summed E-state index contributed by atoms with van der Waals surface area (Å²) in [7, 11) is 1.36. The first-order chi connectivity index (χ1) is 7.70. The molecule has 0 saturated carbocycles. The minimum Gasteiger partial charge on any atom is -0.618 e. The van der Waals surface area contributed by atoms with Gasteiger partial charge < -0.3 is 9.94 Å². The second-order valence-electron chi connectivity index (χ2n) is 3.48. The molecule has 0 saturated heterocycles. The van der Waals surface area contributed by atoms with Crippen LogP contribution in [0.3, 0.4) is 0 Å². The maximum absolute atomic E-state index is 11.4. The topological polar surface area (TPSA) is 53.2 Å². The zero-order chi connectivity index (χ0) is 11.5. The molecule has 1 aromatic carbocycles. The van der Waals surface area contributed by atoms with Crippen LogP contribution in [0.4, 0.5) is 0 Å². The molecule has 82 valence electrons. The summed E-state index contributed by atoms with van der Waals surface area (Å²) in [5.41, 5.74) is 1.43. The average molecular weight is 217 g/mol. The number of carbonyl (C=O) groups is 1. The molecule has 1 heterocycles. The van der Waals surface area contributed by atoms with Crippen LogP contribution >= 0.6 is 0 Å². The van der Waals surface area contributed by atoms with E-state index in [9.17, 15) is 10.0 Å². The zero-order valence-electron chi connectivity index (χ0n) is 8.84. The lowest BCUT2D eigenvalue weighted by atomic mass is 10.1. The van der Waals surface area contributed by atoms with Gasteiger partial charge in [0, 0.05) is 17.5 Å². The van der Waals surface area contributed by atoms with Crippen LogP contribution < -0.4 is 4.73 Å². The molecule has 0 bridgehead atoms. The Kier molecular flexibility index (Phi) is 2.72. The molecule has 0 unspecified atom stereocenters. The van der Waals surface area contributed by atoms with E-state index in [1.807, 2.05) is 12.1 Å². The van der Waals surface area contributed by atoms with E-state index >= 15 is 0 Å². The Morgan fingerprint density at radius 3 is 3.00 bits per heavy atom. The number of fused-ring (bicyclic) bond motifs is 1. The quantitative estimate of drug-likeness (QED) is 0.431. The summed E-state index contributed by atoms with van der Waals surface area (Å²) in [6.45, 7) is 0. The Morgan fingerprint density at radius 2 is 2.25 bits per heavy atom. The van der Waals surface area contributed by atoms with E-state index in [0.717, 1.165) is 15.7 Å². The molecule has 0 aliphatic heterocycles. The van der Waals surface area contributed by atoms with E-state index < -0.39 is 0 Å². The minimum absolute atomic E-state index is 0.222. The third-order valence-electron chi connectivity index (χ3n) is 2.40. The number of methoxy groups -OCH3 is 1. The van der Waals surface area contributed by atoms with Gasteiger partial charge in [-0.3, -0.25) is 4.79 Å². The standard InChI is InChI=1S/C12H11NO3/c1-16-12(14)8-9-4-5-11-10(7-9)3-2-6-13(11)15/h2-7H,8H2,1H3. The largest absolute Gasteiger partial charge is 0.618 e. The monoisotopic (exact) mass is 217 g/mol. The molecule has 2 rings (SSSR count). The predicted molar refractivity (Wildman–Crippen MR) is 58.6 cm³/mol. The van der Waals surface area contributed by atoms with Crippen molar-refractivity contribution >= 4 is 16.9 Å². The van der Waals surface area contributed by atoms with Crippen LogP contribution in [0.2, 0.25) is 0 Å². The lowest BCUT2D eigenvalue weighted by molar-refractivity contribution is -0.577. The fraction of sp³-hybridized carbons (Fsp3) is 0.167. The molecule has 0 aliphatic carbocycles. The highest BCUT2D eigenvalue weighted by molar-refractivity contribution is 5.79. The number of esters is 1. The Hall–Kier alpha value is -2.10. The Balaban J connectivity index is 2.41. The Morgan fingerprint density at radius 1 is 1.44 bits per heavy atom. The van der Waals surface area contributed by atoms with Gasteiger partial charge in [0.25, 0.3) is 0 Å². The predicted octanol–water partition coefficient (Wildman–Crippen LogP) is 1.19. The van der Waals surface area contributed by atoms with Crippen LogP contribution in [0.5, 0.6) is 0 Å². The molecular formula is C12H11NO3. The molecule has 4 nitrogen and oxygen atoms in total. The first kappa shape index (κ1) is 10.4.